The van der Waals surface area contributed by atoms with Gasteiger partial charge in [0.05, 0.1) is 6.54 Å². The van der Waals surface area contributed by atoms with Gasteiger partial charge in [-0.3, -0.25) is 0 Å². The van der Waals surface area contributed by atoms with Gasteiger partial charge in [-0.15, -0.1) is 0 Å². The van der Waals surface area contributed by atoms with Gasteiger partial charge in [0.2, 0.25) is 0 Å². The van der Waals surface area contributed by atoms with Crippen LogP contribution in [0.5, 0.6) is 0 Å². The van der Waals surface area contributed by atoms with Crippen molar-refractivity contribution in [3.63, 3.8) is 0 Å². The summed E-state index contributed by atoms with van der Waals surface area (Å²) in [6.07, 6.45) is 0. The summed E-state index contributed by atoms with van der Waals surface area (Å²) in [6, 6.07) is 7.24. The lowest BCUT2D eigenvalue weighted by atomic mass is 10.1. The summed E-state index contributed by atoms with van der Waals surface area (Å²) in [6.45, 7) is 4.22. The molecule has 2 aromatic rings. The van der Waals surface area contributed by atoms with Crippen LogP contribution in [0.15, 0.2) is 28.7 Å². The maximum absolute atomic E-state index is 11.5. The third-order valence-corrected chi connectivity index (χ3v) is 3.85. The molecule has 0 radical (unpaired) electrons. The number of carboxylic acid groups (broad SMARTS) is 1. The number of hydrogen-bond donors (Lipinski definition) is 2. The number of nitrogens with zero attached hydrogens (tertiary/aromatic N) is 2. The Bertz CT molecular complexity index is 645. The number of hydrazine groups is 1. The van der Waals surface area contributed by atoms with E-state index in [1.807, 2.05) is 12.1 Å². The fourth-order valence-electron chi connectivity index (χ4n) is 2.60. The van der Waals surface area contributed by atoms with Crippen molar-refractivity contribution >= 4 is 16.9 Å². The van der Waals surface area contributed by atoms with E-state index < -0.39 is 5.97 Å². The van der Waals surface area contributed by atoms with Gasteiger partial charge in [0, 0.05) is 31.6 Å². The summed E-state index contributed by atoms with van der Waals surface area (Å²) < 4.78 is 5.69. The van der Waals surface area contributed by atoms with Crippen molar-refractivity contribution in [2.45, 2.75) is 6.54 Å². The van der Waals surface area contributed by atoms with Crippen molar-refractivity contribution in [1.82, 2.24) is 15.3 Å². The van der Waals surface area contributed by atoms with Gasteiger partial charge in [0.1, 0.15) is 16.9 Å². The van der Waals surface area contributed by atoms with E-state index in [2.05, 4.69) is 22.4 Å². The van der Waals surface area contributed by atoms with E-state index in [1.54, 1.807) is 12.1 Å². The Morgan fingerprint density at radius 1 is 1.29 bits per heavy atom. The quantitative estimate of drug-likeness (QED) is 0.886. The highest BCUT2D eigenvalue weighted by Crippen LogP contribution is 2.25. The number of carbonyl (C=O) groups is 1. The van der Waals surface area contributed by atoms with Crippen LogP contribution in [0.3, 0.4) is 0 Å². The average Bonchev–Trinajstić information content (AvgIpc) is 2.85. The fraction of sp³-hybridized carbons (Fsp3) is 0.400. The van der Waals surface area contributed by atoms with Gasteiger partial charge in [-0.1, -0.05) is 18.2 Å². The highest BCUT2D eigenvalue weighted by Gasteiger charge is 2.21. The minimum atomic E-state index is -0.949. The number of carboxylic acids is 1. The second-order valence-corrected chi connectivity index (χ2v) is 5.33. The van der Waals surface area contributed by atoms with Crippen LogP contribution in [0.25, 0.3) is 11.0 Å². The zero-order valence-corrected chi connectivity index (χ0v) is 12.0. The normalized spacial score (nSPS) is 17.4. The average molecular weight is 289 g/mol. The molecule has 0 bridgehead atoms. The summed E-state index contributed by atoms with van der Waals surface area (Å²) >= 11 is 0. The summed E-state index contributed by atoms with van der Waals surface area (Å²) in [5, 5.41) is 12.2. The van der Waals surface area contributed by atoms with Crippen LogP contribution >= 0.6 is 0 Å². The van der Waals surface area contributed by atoms with Gasteiger partial charge in [0.25, 0.3) is 0 Å². The van der Waals surface area contributed by atoms with Crippen LogP contribution in [0, 0.1) is 0 Å². The number of rotatable bonds is 4. The molecule has 6 heteroatoms. The Morgan fingerprint density at radius 2 is 2.00 bits per heavy atom. The number of benzene rings is 1. The Morgan fingerprint density at radius 3 is 2.71 bits per heavy atom. The minimum absolute atomic E-state index is 0.257. The van der Waals surface area contributed by atoms with Crippen molar-refractivity contribution in [3.8, 4) is 0 Å². The van der Waals surface area contributed by atoms with Crippen LogP contribution in [-0.4, -0.2) is 54.2 Å². The van der Waals surface area contributed by atoms with Crippen LogP contribution in [0.4, 0.5) is 0 Å². The molecule has 1 aliphatic heterocycles. The van der Waals surface area contributed by atoms with E-state index in [1.165, 1.54) is 0 Å². The van der Waals surface area contributed by atoms with Crippen molar-refractivity contribution in [2.24, 2.45) is 0 Å². The summed E-state index contributed by atoms with van der Waals surface area (Å²) in [5.41, 5.74) is 4.14. The van der Waals surface area contributed by atoms with Crippen LogP contribution in [0.1, 0.15) is 16.1 Å². The SMILES string of the molecule is CN1CCN(NCc2oc3ccccc3c2C(=O)O)CC1. The molecule has 0 saturated carbocycles. The molecule has 1 saturated heterocycles. The molecular formula is C15H19N3O3. The smallest absolute Gasteiger partial charge is 0.339 e. The third kappa shape index (κ3) is 2.92. The molecule has 2 heterocycles. The molecule has 3 rings (SSSR count). The first-order valence-corrected chi connectivity index (χ1v) is 7.06. The van der Waals surface area contributed by atoms with E-state index in [0.29, 0.717) is 23.3 Å². The zero-order valence-electron chi connectivity index (χ0n) is 12.0. The molecule has 0 unspecified atom stereocenters. The lowest BCUT2D eigenvalue weighted by Crippen LogP contribution is -2.50. The highest BCUT2D eigenvalue weighted by atomic mass is 16.4. The van der Waals surface area contributed by atoms with E-state index in [4.69, 9.17) is 4.42 Å². The molecular weight excluding hydrogens is 270 g/mol. The van der Waals surface area contributed by atoms with Crippen LogP contribution in [-0.2, 0) is 6.54 Å². The largest absolute Gasteiger partial charge is 0.478 e. The van der Waals surface area contributed by atoms with E-state index in [9.17, 15) is 9.90 Å². The molecule has 0 atom stereocenters. The second kappa shape index (κ2) is 5.85. The second-order valence-electron chi connectivity index (χ2n) is 5.33. The van der Waals surface area contributed by atoms with Gasteiger partial charge < -0.3 is 14.4 Å². The molecule has 1 aromatic heterocycles. The molecule has 1 aromatic carbocycles. The molecule has 0 spiro atoms. The number of likely N-dealkylation sites (N-methyl/N-ethyl adjacent to an activating group) is 1. The molecule has 1 aliphatic rings. The highest BCUT2D eigenvalue weighted by molar-refractivity contribution is 6.03. The molecule has 1 fully saturated rings. The Balaban J connectivity index is 1.77. The Labute approximate surface area is 122 Å². The number of hydrogen-bond acceptors (Lipinski definition) is 5. The van der Waals surface area contributed by atoms with E-state index in [0.717, 1.165) is 26.2 Å². The molecule has 0 amide bonds. The van der Waals surface area contributed by atoms with Crippen molar-refractivity contribution in [3.05, 3.63) is 35.6 Å². The molecule has 6 nitrogen and oxygen atoms in total. The maximum atomic E-state index is 11.5. The third-order valence-electron chi connectivity index (χ3n) is 3.85. The molecule has 2 N–H and O–H groups in total. The lowest BCUT2D eigenvalue weighted by molar-refractivity contribution is 0.0692. The maximum Gasteiger partial charge on any atom is 0.339 e. The summed E-state index contributed by atoms with van der Waals surface area (Å²) in [7, 11) is 2.10. The first-order valence-electron chi connectivity index (χ1n) is 7.06. The first-order chi connectivity index (χ1) is 10.1. The van der Waals surface area contributed by atoms with Gasteiger partial charge in [-0.2, -0.15) is 0 Å². The fourth-order valence-corrected chi connectivity index (χ4v) is 2.60. The van der Waals surface area contributed by atoms with Crippen molar-refractivity contribution < 1.29 is 14.3 Å². The molecule has 21 heavy (non-hydrogen) atoms. The zero-order chi connectivity index (χ0) is 14.8. The van der Waals surface area contributed by atoms with Gasteiger partial charge in [-0.25, -0.2) is 15.2 Å². The van der Waals surface area contributed by atoms with E-state index in [-0.39, 0.29) is 5.56 Å². The standard InChI is InChI=1S/C15H19N3O3/c1-17-6-8-18(9-7-17)16-10-13-14(15(19)20)11-4-2-3-5-12(11)21-13/h2-5,16H,6-10H2,1H3,(H,19,20). The van der Waals surface area contributed by atoms with Crippen molar-refractivity contribution in [2.75, 3.05) is 33.2 Å². The number of nitrogens with one attached hydrogen (secondary N) is 1. The minimum Gasteiger partial charge on any atom is -0.478 e. The molecule has 112 valence electrons. The molecule has 0 aliphatic carbocycles. The number of aromatic carboxylic acids is 1. The first kappa shape index (κ1) is 14.1. The lowest BCUT2D eigenvalue weighted by Gasteiger charge is -2.32. The number of fused-ring (bicyclic) bond motifs is 1. The summed E-state index contributed by atoms with van der Waals surface area (Å²) in [5.74, 6) is -0.474. The topological polar surface area (TPSA) is 69.0 Å². The van der Waals surface area contributed by atoms with Gasteiger partial charge >= 0.3 is 5.97 Å². The predicted octanol–water partition coefficient (Wildman–Crippen LogP) is 1.38. The Hall–Kier alpha value is -1.89. The summed E-state index contributed by atoms with van der Waals surface area (Å²) in [4.78, 5) is 13.7. The monoisotopic (exact) mass is 289 g/mol. The number of furan rings is 1. The number of piperazine rings is 1. The Kier molecular flexibility index (Phi) is 3.92. The van der Waals surface area contributed by atoms with Crippen LogP contribution < -0.4 is 5.43 Å². The van der Waals surface area contributed by atoms with Gasteiger partial charge in [-0.05, 0) is 13.1 Å². The van der Waals surface area contributed by atoms with E-state index >= 15 is 0 Å². The van der Waals surface area contributed by atoms with Crippen LogP contribution in [0.2, 0.25) is 0 Å². The van der Waals surface area contributed by atoms with Gasteiger partial charge in [0.15, 0.2) is 0 Å². The van der Waals surface area contributed by atoms with Crippen molar-refractivity contribution in [1.29, 1.82) is 0 Å². The predicted molar refractivity (Wildman–Crippen MR) is 79.1 cm³/mol. The number of para-hydroxylation sites is 1.